The van der Waals surface area contributed by atoms with Crippen LogP contribution >= 0.6 is 23.4 Å². The molecule has 0 fully saturated rings. The molecular formula is C24H20ClN5O4S. The average Bonchev–Trinajstić information content (AvgIpc) is 3.29. The van der Waals surface area contributed by atoms with E-state index >= 15 is 0 Å². The van der Waals surface area contributed by atoms with E-state index in [0.29, 0.717) is 21.6 Å². The molecule has 1 heterocycles. The number of rotatable bonds is 8. The molecule has 178 valence electrons. The molecule has 1 amide bonds. The van der Waals surface area contributed by atoms with Gasteiger partial charge in [0.25, 0.3) is 5.91 Å². The van der Waals surface area contributed by atoms with Gasteiger partial charge in [-0.3, -0.25) is 9.36 Å². The van der Waals surface area contributed by atoms with E-state index in [0.717, 1.165) is 17.0 Å². The molecule has 0 aliphatic carbocycles. The van der Waals surface area contributed by atoms with Gasteiger partial charge in [0.1, 0.15) is 5.75 Å². The number of phenols is 2. The maximum Gasteiger partial charge on any atom is 0.250 e. The summed E-state index contributed by atoms with van der Waals surface area (Å²) >= 11 is 7.26. The van der Waals surface area contributed by atoms with Crippen molar-refractivity contribution in [2.75, 3.05) is 12.9 Å². The molecule has 0 saturated heterocycles. The number of aromatic nitrogens is 3. The lowest BCUT2D eigenvalue weighted by molar-refractivity contribution is -0.118. The van der Waals surface area contributed by atoms with Gasteiger partial charge in [0, 0.05) is 16.3 Å². The second-order valence-corrected chi connectivity index (χ2v) is 8.56. The first-order chi connectivity index (χ1) is 16.9. The third-order valence-electron chi connectivity index (χ3n) is 4.80. The third-order valence-corrected chi connectivity index (χ3v) is 5.98. The van der Waals surface area contributed by atoms with Crippen molar-refractivity contribution in [2.45, 2.75) is 5.16 Å². The standard InChI is InChI=1S/C24H20ClN5O4S/c1-34-19-9-3-16(4-10-19)23-28-29-24(30(23)18-7-5-17(25)6-8-18)35-14-22(33)27-26-13-15-2-11-20(31)21(32)12-15/h2-13,31-32H,14H2,1H3,(H,27,33)/b26-13+. The Morgan fingerprint density at radius 2 is 1.83 bits per heavy atom. The predicted octanol–water partition coefficient (Wildman–Crippen LogP) is 4.25. The van der Waals surface area contributed by atoms with Gasteiger partial charge >= 0.3 is 0 Å². The Hall–Kier alpha value is -4.02. The monoisotopic (exact) mass is 509 g/mol. The minimum Gasteiger partial charge on any atom is -0.504 e. The zero-order valence-electron chi connectivity index (χ0n) is 18.4. The van der Waals surface area contributed by atoms with Crippen molar-refractivity contribution in [2.24, 2.45) is 5.10 Å². The van der Waals surface area contributed by atoms with Crippen LogP contribution in [0.2, 0.25) is 5.02 Å². The highest BCUT2D eigenvalue weighted by Crippen LogP contribution is 2.29. The van der Waals surface area contributed by atoms with E-state index in [1.165, 1.54) is 30.1 Å². The van der Waals surface area contributed by atoms with Crippen LogP contribution in [-0.4, -0.2) is 50.0 Å². The van der Waals surface area contributed by atoms with Crippen LogP contribution in [0.4, 0.5) is 0 Å². The molecule has 0 unspecified atom stereocenters. The summed E-state index contributed by atoms with van der Waals surface area (Å²) < 4.78 is 7.08. The highest BCUT2D eigenvalue weighted by atomic mass is 35.5. The van der Waals surface area contributed by atoms with Crippen LogP contribution < -0.4 is 10.2 Å². The molecule has 0 aliphatic heterocycles. The Balaban J connectivity index is 1.51. The van der Waals surface area contributed by atoms with Crippen molar-refractivity contribution in [1.29, 1.82) is 0 Å². The third kappa shape index (κ3) is 5.92. The van der Waals surface area contributed by atoms with E-state index in [4.69, 9.17) is 16.3 Å². The fourth-order valence-electron chi connectivity index (χ4n) is 3.08. The van der Waals surface area contributed by atoms with Gasteiger partial charge in [0.15, 0.2) is 22.5 Å². The molecular weight excluding hydrogens is 490 g/mol. The number of amides is 1. The number of hydrazone groups is 1. The molecule has 0 bridgehead atoms. The minimum absolute atomic E-state index is 0.0342. The van der Waals surface area contributed by atoms with Gasteiger partial charge in [-0.2, -0.15) is 5.10 Å². The lowest BCUT2D eigenvalue weighted by atomic mass is 10.2. The lowest BCUT2D eigenvalue weighted by Crippen LogP contribution is -2.20. The van der Waals surface area contributed by atoms with E-state index in [9.17, 15) is 15.0 Å². The van der Waals surface area contributed by atoms with Gasteiger partial charge in [-0.05, 0) is 72.3 Å². The van der Waals surface area contributed by atoms with Crippen LogP contribution in [0.25, 0.3) is 17.1 Å². The highest BCUT2D eigenvalue weighted by Gasteiger charge is 2.17. The van der Waals surface area contributed by atoms with Gasteiger partial charge < -0.3 is 14.9 Å². The van der Waals surface area contributed by atoms with Crippen molar-refractivity contribution in [3.8, 4) is 34.3 Å². The number of aromatic hydroxyl groups is 2. The number of benzene rings is 3. The first-order valence-corrected chi connectivity index (χ1v) is 11.6. The zero-order valence-corrected chi connectivity index (χ0v) is 20.0. The summed E-state index contributed by atoms with van der Waals surface area (Å²) in [6.07, 6.45) is 1.36. The fourth-order valence-corrected chi connectivity index (χ4v) is 3.95. The van der Waals surface area contributed by atoms with Gasteiger partial charge in [-0.25, -0.2) is 5.43 Å². The molecule has 35 heavy (non-hydrogen) atoms. The van der Waals surface area contributed by atoms with E-state index in [1.54, 1.807) is 25.3 Å². The minimum atomic E-state index is -0.356. The number of nitrogens with zero attached hydrogens (tertiary/aromatic N) is 4. The van der Waals surface area contributed by atoms with Crippen LogP contribution in [0.5, 0.6) is 17.2 Å². The number of carbonyl (C=O) groups is 1. The molecule has 1 aromatic heterocycles. The molecule has 4 rings (SSSR count). The summed E-state index contributed by atoms with van der Waals surface area (Å²) in [5.41, 5.74) is 4.56. The first-order valence-electron chi connectivity index (χ1n) is 10.3. The topological polar surface area (TPSA) is 122 Å². The number of nitrogens with one attached hydrogen (secondary N) is 1. The molecule has 0 spiro atoms. The summed E-state index contributed by atoms with van der Waals surface area (Å²) in [6, 6.07) is 18.9. The number of phenolic OH excluding ortho intramolecular Hbond substituents is 2. The van der Waals surface area contributed by atoms with Gasteiger partial charge in [-0.1, -0.05) is 23.4 Å². The molecule has 4 aromatic rings. The molecule has 0 saturated carbocycles. The van der Waals surface area contributed by atoms with Crippen molar-refractivity contribution in [3.05, 3.63) is 77.3 Å². The largest absolute Gasteiger partial charge is 0.504 e. The van der Waals surface area contributed by atoms with Crippen molar-refractivity contribution in [1.82, 2.24) is 20.2 Å². The Kier molecular flexibility index (Phi) is 7.54. The second kappa shape index (κ2) is 10.9. The maximum atomic E-state index is 12.3. The molecule has 3 N–H and O–H groups in total. The Morgan fingerprint density at radius 1 is 1.09 bits per heavy atom. The predicted molar refractivity (Wildman–Crippen MR) is 135 cm³/mol. The van der Waals surface area contributed by atoms with E-state index in [2.05, 4.69) is 20.7 Å². The number of halogens is 1. The fraction of sp³-hybridized carbons (Fsp3) is 0.0833. The Morgan fingerprint density at radius 3 is 2.51 bits per heavy atom. The van der Waals surface area contributed by atoms with Crippen LogP contribution in [0.3, 0.4) is 0 Å². The van der Waals surface area contributed by atoms with E-state index in [1.807, 2.05) is 41.0 Å². The molecule has 11 heteroatoms. The molecule has 0 atom stereocenters. The quantitative estimate of drug-likeness (QED) is 0.140. The smallest absolute Gasteiger partial charge is 0.250 e. The number of ether oxygens (including phenoxy) is 1. The average molecular weight is 510 g/mol. The first kappa shape index (κ1) is 24.1. The summed E-state index contributed by atoms with van der Waals surface area (Å²) in [5, 5.41) is 32.5. The summed E-state index contributed by atoms with van der Waals surface area (Å²) in [6.45, 7) is 0. The zero-order chi connectivity index (χ0) is 24.8. The number of thioether (sulfide) groups is 1. The van der Waals surface area contributed by atoms with Crippen LogP contribution in [0.15, 0.2) is 77.0 Å². The van der Waals surface area contributed by atoms with Gasteiger partial charge in [0.2, 0.25) is 0 Å². The van der Waals surface area contributed by atoms with Crippen LogP contribution in [0.1, 0.15) is 5.56 Å². The SMILES string of the molecule is COc1ccc(-c2nnc(SCC(=O)N/N=C/c3ccc(O)c(O)c3)n2-c2ccc(Cl)cc2)cc1. The summed E-state index contributed by atoms with van der Waals surface area (Å²) in [7, 11) is 1.60. The highest BCUT2D eigenvalue weighted by molar-refractivity contribution is 7.99. The van der Waals surface area contributed by atoms with Crippen molar-refractivity contribution < 1.29 is 19.7 Å². The summed E-state index contributed by atoms with van der Waals surface area (Å²) in [5.74, 6) is 0.494. The van der Waals surface area contributed by atoms with Crippen molar-refractivity contribution in [3.63, 3.8) is 0 Å². The number of hydrogen-bond acceptors (Lipinski definition) is 8. The van der Waals surface area contributed by atoms with Gasteiger partial charge in [-0.15, -0.1) is 10.2 Å². The maximum absolute atomic E-state index is 12.3. The van der Waals surface area contributed by atoms with Crippen molar-refractivity contribution >= 4 is 35.5 Å². The Bertz CT molecular complexity index is 1360. The van der Waals surface area contributed by atoms with Gasteiger partial charge in [0.05, 0.1) is 19.1 Å². The summed E-state index contributed by atoms with van der Waals surface area (Å²) in [4.78, 5) is 12.3. The second-order valence-electron chi connectivity index (χ2n) is 7.18. The molecule has 3 aromatic carbocycles. The van der Waals surface area contributed by atoms with E-state index < -0.39 is 0 Å². The van der Waals surface area contributed by atoms with Crippen LogP contribution in [-0.2, 0) is 4.79 Å². The molecule has 9 nitrogen and oxygen atoms in total. The lowest BCUT2D eigenvalue weighted by Gasteiger charge is -2.11. The Labute approximate surface area is 210 Å². The molecule has 0 aliphatic rings. The molecule has 0 radical (unpaired) electrons. The number of hydrogen-bond donors (Lipinski definition) is 3. The van der Waals surface area contributed by atoms with Crippen LogP contribution in [0, 0.1) is 0 Å². The number of methoxy groups -OCH3 is 1. The van der Waals surface area contributed by atoms with E-state index in [-0.39, 0.29) is 23.2 Å². The number of carbonyl (C=O) groups excluding carboxylic acids is 1. The normalized spacial score (nSPS) is 11.0.